The molecular weight excluding hydrogens is 363 g/mol. The summed E-state index contributed by atoms with van der Waals surface area (Å²) in [6.07, 6.45) is 5.04. The molecule has 0 saturated heterocycles. The van der Waals surface area contributed by atoms with Crippen molar-refractivity contribution >= 4 is 21.8 Å². The molecule has 1 N–H and O–H groups in total. The minimum atomic E-state index is -0.526. The average molecular weight is 381 g/mol. The van der Waals surface area contributed by atoms with E-state index in [2.05, 4.69) is 36.0 Å². The highest BCUT2D eigenvalue weighted by atomic mass is 79.9. The molecule has 7 heteroatoms. The van der Waals surface area contributed by atoms with Crippen LogP contribution in [0.1, 0.15) is 41.3 Å². The zero-order valence-electron chi connectivity index (χ0n) is 12.7. The van der Waals surface area contributed by atoms with Crippen molar-refractivity contribution in [3.63, 3.8) is 0 Å². The Morgan fingerprint density at radius 2 is 2.17 bits per heavy atom. The maximum atomic E-state index is 13.7. The summed E-state index contributed by atoms with van der Waals surface area (Å²) in [6, 6.07) is 4.32. The van der Waals surface area contributed by atoms with Crippen molar-refractivity contribution in [3.05, 3.63) is 45.7 Å². The number of aryl methyl sites for hydroxylation is 1. The topological polar surface area (TPSA) is 59.8 Å². The number of hydrogen-bond acceptors (Lipinski definition) is 3. The number of nitrogens with zero attached hydrogens (tertiary/aromatic N) is 3. The lowest BCUT2D eigenvalue weighted by Gasteiger charge is -2.08. The normalized spacial score (nSPS) is 14.2. The van der Waals surface area contributed by atoms with E-state index in [0.29, 0.717) is 17.4 Å². The van der Waals surface area contributed by atoms with Crippen molar-refractivity contribution in [1.82, 2.24) is 20.1 Å². The highest BCUT2D eigenvalue weighted by Crippen LogP contribution is 2.16. The van der Waals surface area contributed by atoms with E-state index >= 15 is 0 Å². The van der Waals surface area contributed by atoms with E-state index in [1.165, 1.54) is 18.6 Å². The Hall–Kier alpha value is -1.76. The molecule has 0 saturated carbocycles. The van der Waals surface area contributed by atoms with Crippen LogP contribution < -0.4 is 5.32 Å². The molecule has 122 valence electrons. The van der Waals surface area contributed by atoms with Gasteiger partial charge in [-0.25, -0.2) is 4.39 Å². The van der Waals surface area contributed by atoms with E-state index in [0.717, 1.165) is 37.5 Å². The van der Waals surface area contributed by atoms with E-state index in [1.807, 2.05) is 0 Å². The molecule has 1 aliphatic heterocycles. The van der Waals surface area contributed by atoms with E-state index in [4.69, 9.17) is 0 Å². The largest absolute Gasteiger partial charge is 0.351 e. The van der Waals surface area contributed by atoms with Crippen molar-refractivity contribution in [2.24, 2.45) is 0 Å². The number of amides is 1. The van der Waals surface area contributed by atoms with Crippen LogP contribution >= 0.6 is 15.9 Å². The molecule has 1 aromatic carbocycles. The molecule has 3 rings (SSSR count). The summed E-state index contributed by atoms with van der Waals surface area (Å²) in [5.74, 6) is 0.972. The Labute approximate surface area is 142 Å². The Kier molecular flexibility index (Phi) is 5.05. The van der Waals surface area contributed by atoms with Crippen molar-refractivity contribution in [2.75, 3.05) is 6.54 Å². The van der Waals surface area contributed by atoms with Gasteiger partial charge in [0.2, 0.25) is 0 Å². The van der Waals surface area contributed by atoms with Gasteiger partial charge in [0, 0.05) is 30.4 Å². The second-order valence-electron chi connectivity index (χ2n) is 5.62. The highest BCUT2D eigenvalue weighted by Gasteiger charge is 2.15. The lowest BCUT2D eigenvalue weighted by molar-refractivity contribution is 0.0950. The summed E-state index contributed by atoms with van der Waals surface area (Å²) >= 11 is 3.24. The first-order chi connectivity index (χ1) is 11.1. The molecule has 0 aliphatic carbocycles. The number of aromatic nitrogens is 3. The lowest BCUT2D eigenvalue weighted by Crippen LogP contribution is -2.27. The second kappa shape index (κ2) is 7.21. The number of fused-ring (bicyclic) bond motifs is 1. The molecule has 0 radical (unpaired) electrons. The van der Waals surface area contributed by atoms with Gasteiger partial charge in [-0.1, -0.05) is 22.4 Å². The molecule has 1 amide bonds. The van der Waals surface area contributed by atoms with Crippen molar-refractivity contribution in [1.29, 1.82) is 0 Å². The van der Waals surface area contributed by atoms with Crippen LogP contribution in [0.4, 0.5) is 4.39 Å². The fourth-order valence-corrected chi connectivity index (χ4v) is 3.15. The lowest BCUT2D eigenvalue weighted by atomic mass is 10.2. The molecule has 1 aliphatic rings. The number of benzene rings is 1. The predicted octanol–water partition coefficient (Wildman–Crippen LogP) is 2.88. The smallest absolute Gasteiger partial charge is 0.254 e. The van der Waals surface area contributed by atoms with Gasteiger partial charge in [-0.15, -0.1) is 10.2 Å². The molecule has 0 unspecified atom stereocenters. The molecule has 0 bridgehead atoms. The predicted molar refractivity (Wildman–Crippen MR) is 87.7 cm³/mol. The van der Waals surface area contributed by atoms with Crippen LogP contribution in [0.25, 0.3) is 0 Å². The number of halogens is 2. The van der Waals surface area contributed by atoms with Gasteiger partial charge in [0.05, 0.1) is 5.56 Å². The SMILES string of the molecule is O=C(NCCc1nnc2n1CCCCC2)c1cc(Br)ccc1F. The Balaban J connectivity index is 1.60. The number of carbonyl (C=O) groups excluding carboxylic acids is 1. The molecule has 23 heavy (non-hydrogen) atoms. The fourth-order valence-electron chi connectivity index (χ4n) is 2.78. The number of rotatable bonds is 4. The first-order valence-corrected chi connectivity index (χ1v) is 8.58. The van der Waals surface area contributed by atoms with Crippen LogP contribution in [0.3, 0.4) is 0 Å². The number of carbonyl (C=O) groups is 1. The summed E-state index contributed by atoms with van der Waals surface area (Å²) < 4.78 is 16.5. The minimum absolute atomic E-state index is 0.0412. The van der Waals surface area contributed by atoms with Crippen molar-refractivity contribution in [2.45, 2.75) is 38.6 Å². The molecule has 0 atom stereocenters. The maximum Gasteiger partial charge on any atom is 0.254 e. The van der Waals surface area contributed by atoms with Crippen LogP contribution in [0.5, 0.6) is 0 Å². The van der Waals surface area contributed by atoms with Gasteiger partial charge in [0.25, 0.3) is 5.91 Å². The first kappa shape index (κ1) is 16.1. The van der Waals surface area contributed by atoms with Gasteiger partial charge in [-0.05, 0) is 31.0 Å². The Morgan fingerprint density at radius 3 is 3.04 bits per heavy atom. The first-order valence-electron chi connectivity index (χ1n) is 7.79. The summed E-state index contributed by atoms with van der Waals surface area (Å²) in [5.41, 5.74) is 0.0412. The third-order valence-corrected chi connectivity index (χ3v) is 4.49. The summed E-state index contributed by atoms with van der Waals surface area (Å²) in [5, 5.41) is 11.2. The monoisotopic (exact) mass is 380 g/mol. The van der Waals surface area contributed by atoms with Crippen LogP contribution in [0.15, 0.2) is 22.7 Å². The van der Waals surface area contributed by atoms with Crippen LogP contribution in [-0.4, -0.2) is 27.2 Å². The summed E-state index contributed by atoms with van der Waals surface area (Å²) in [7, 11) is 0. The van der Waals surface area contributed by atoms with Crippen LogP contribution in [0.2, 0.25) is 0 Å². The molecule has 5 nitrogen and oxygen atoms in total. The fraction of sp³-hybridized carbons (Fsp3) is 0.438. The zero-order valence-corrected chi connectivity index (χ0v) is 14.3. The number of hydrogen-bond donors (Lipinski definition) is 1. The van der Waals surface area contributed by atoms with Crippen molar-refractivity contribution < 1.29 is 9.18 Å². The van der Waals surface area contributed by atoms with Crippen LogP contribution in [0, 0.1) is 5.82 Å². The second-order valence-corrected chi connectivity index (χ2v) is 6.54. The minimum Gasteiger partial charge on any atom is -0.351 e. The van der Waals surface area contributed by atoms with E-state index in [1.54, 1.807) is 6.07 Å². The van der Waals surface area contributed by atoms with E-state index in [-0.39, 0.29) is 5.56 Å². The highest BCUT2D eigenvalue weighted by molar-refractivity contribution is 9.10. The van der Waals surface area contributed by atoms with Gasteiger partial charge in [-0.3, -0.25) is 4.79 Å². The zero-order chi connectivity index (χ0) is 16.2. The standard InChI is InChI=1S/C16H18BrFN4O/c17-11-5-6-13(18)12(10-11)16(23)19-8-7-15-21-20-14-4-2-1-3-9-22(14)15/h5-6,10H,1-4,7-9H2,(H,19,23). The average Bonchev–Trinajstić information content (AvgIpc) is 2.77. The maximum absolute atomic E-state index is 13.7. The van der Waals surface area contributed by atoms with Gasteiger partial charge in [0.15, 0.2) is 0 Å². The van der Waals surface area contributed by atoms with Crippen LogP contribution in [-0.2, 0) is 19.4 Å². The molecule has 2 heterocycles. The summed E-state index contributed by atoms with van der Waals surface area (Å²) in [4.78, 5) is 12.1. The van der Waals surface area contributed by atoms with Gasteiger partial charge in [0.1, 0.15) is 17.5 Å². The molecule has 0 fully saturated rings. The van der Waals surface area contributed by atoms with Gasteiger partial charge in [-0.2, -0.15) is 0 Å². The van der Waals surface area contributed by atoms with E-state index < -0.39 is 11.7 Å². The van der Waals surface area contributed by atoms with E-state index in [9.17, 15) is 9.18 Å². The molecule has 0 spiro atoms. The van der Waals surface area contributed by atoms with Gasteiger partial charge < -0.3 is 9.88 Å². The third kappa shape index (κ3) is 3.77. The molecule has 2 aromatic rings. The molecular formula is C16H18BrFN4O. The quantitative estimate of drug-likeness (QED) is 0.886. The number of nitrogens with one attached hydrogen (secondary N) is 1. The summed E-state index contributed by atoms with van der Waals surface area (Å²) in [6.45, 7) is 1.34. The Bertz CT molecular complexity index is 716. The Morgan fingerprint density at radius 1 is 1.30 bits per heavy atom. The van der Waals surface area contributed by atoms with Crippen molar-refractivity contribution in [3.8, 4) is 0 Å². The van der Waals surface area contributed by atoms with Gasteiger partial charge >= 0.3 is 0 Å². The third-order valence-electron chi connectivity index (χ3n) is 3.99. The molecule has 1 aromatic heterocycles.